The average Bonchev–Trinajstić information content (AvgIpc) is 2.75. The van der Waals surface area contributed by atoms with E-state index in [9.17, 15) is 4.79 Å². The molecule has 1 aromatic rings. The van der Waals surface area contributed by atoms with Crippen molar-refractivity contribution < 1.29 is 14.3 Å². The number of nitrogens with one attached hydrogen (secondary N) is 1. The molecule has 1 fully saturated rings. The Hall–Kier alpha value is -2.15. The maximum atomic E-state index is 11.6. The summed E-state index contributed by atoms with van der Waals surface area (Å²) < 4.78 is 11.7. The number of carbonyl (C=O) groups is 1. The van der Waals surface area contributed by atoms with E-state index in [1.807, 2.05) is 12.1 Å². The zero-order valence-electron chi connectivity index (χ0n) is 13.8. The molecule has 1 aliphatic heterocycles. The van der Waals surface area contributed by atoms with E-state index < -0.39 is 0 Å². The van der Waals surface area contributed by atoms with Crippen LogP contribution in [0, 0.1) is 17.8 Å². The predicted molar refractivity (Wildman–Crippen MR) is 88.5 cm³/mol. The van der Waals surface area contributed by atoms with Crippen molar-refractivity contribution in [3.63, 3.8) is 0 Å². The predicted octanol–water partition coefficient (Wildman–Crippen LogP) is 2.70. The molecule has 122 valence electrons. The standard InChI is InChI=1S/C19H23NO3/c1-19(2)13-15-9-6-10-16(17(15)23-19)22-12-4-3-11-20-18(21)14-7-5-8-14/h6,9-10,14H,5,7-8,11-13H2,1-2H3,(H,20,21). The van der Waals surface area contributed by atoms with E-state index in [0.29, 0.717) is 13.2 Å². The van der Waals surface area contributed by atoms with Crippen LogP contribution in [0.15, 0.2) is 18.2 Å². The molecule has 0 unspecified atom stereocenters. The van der Waals surface area contributed by atoms with Crippen LogP contribution in [0.25, 0.3) is 0 Å². The molecule has 1 amide bonds. The summed E-state index contributed by atoms with van der Waals surface area (Å²) in [6, 6.07) is 5.95. The van der Waals surface area contributed by atoms with Gasteiger partial charge in [-0.05, 0) is 32.8 Å². The van der Waals surface area contributed by atoms with Crippen LogP contribution in [0.2, 0.25) is 0 Å². The van der Waals surface area contributed by atoms with Crippen LogP contribution in [0.3, 0.4) is 0 Å². The van der Waals surface area contributed by atoms with Crippen molar-refractivity contribution in [3.05, 3.63) is 23.8 Å². The van der Waals surface area contributed by atoms with Crippen LogP contribution in [-0.4, -0.2) is 24.7 Å². The Bertz CT molecular complexity index is 650. The van der Waals surface area contributed by atoms with Gasteiger partial charge in [-0.2, -0.15) is 0 Å². The summed E-state index contributed by atoms with van der Waals surface area (Å²) in [6.45, 7) is 4.82. The first kappa shape index (κ1) is 15.7. The Morgan fingerprint density at radius 3 is 2.96 bits per heavy atom. The molecule has 2 aliphatic rings. The highest BCUT2D eigenvalue weighted by molar-refractivity contribution is 5.79. The second-order valence-corrected chi connectivity index (χ2v) is 6.77. The minimum Gasteiger partial charge on any atom is -0.483 e. The van der Waals surface area contributed by atoms with E-state index in [2.05, 4.69) is 37.1 Å². The Kier molecular flexibility index (Phi) is 4.47. The fourth-order valence-corrected chi connectivity index (χ4v) is 2.87. The topological polar surface area (TPSA) is 47.6 Å². The summed E-state index contributed by atoms with van der Waals surface area (Å²) in [6.07, 6.45) is 4.08. The Morgan fingerprint density at radius 2 is 2.22 bits per heavy atom. The minimum atomic E-state index is -0.181. The van der Waals surface area contributed by atoms with Gasteiger partial charge in [-0.25, -0.2) is 0 Å². The van der Waals surface area contributed by atoms with Gasteiger partial charge in [0, 0.05) is 17.9 Å². The van der Waals surface area contributed by atoms with Gasteiger partial charge >= 0.3 is 0 Å². The summed E-state index contributed by atoms with van der Waals surface area (Å²) in [5.74, 6) is 7.76. The Balaban J connectivity index is 1.46. The van der Waals surface area contributed by atoms with Crippen LogP contribution in [-0.2, 0) is 11.2 Å². The zero-order valence-corrected chi connectivity index (χ0v) is 13.8. The second kappa shape index (κ2) is 6.54. The van der Waals surface area contributed by atoms with Crippen molar-refractivity contribution in [2.24, 2.45) is 5.92 Å². The summed E-state index contributed by atoms with van der Waals surface area (Å²) in [7, 11) is 0. The highest BCUT2D eigenvalue weighted by Gasteiger charge is 2.32. The van der Waals surface area contributed by atoms with E-state index in [4.69, 9.17) is 9.47 Å². The van der Waals surface area contributed by atoms with E-state index in [1.54, 1.807) is 0 Å². The van der Waals surface area contributed by atoms with E-state index in [0.717, 1.165) is 37.2 Å². The van der Waals surface area contributed by atoms with Crippen molar-refractivity contribution in [2.45, 2.75) is 45.1 Å². The molecular weight excluding hydrogens is 290 g/mol. The molecule has 0 bridgehead atoms. The first-order valence-electron chi connectivity index (χ1n) is 8.22. The maximum Gasteiger partial charge on any atom is 0.223 e. The van der Waals surface area contributed by atoms with Gasteiger partial charge in [0.1, 0.15) is 12.2 Å². The van der Waals surface area contributed by atoms with Gasteiger partial charge in [-0.3, -0.25) is 4.79 Å². The number of para-hydroxylation sites is 1. The number of benzene rings is 1. The lowest BCUT2D eigenvalue weighted by molar-refractivity contribution is -0.127. The van der Waals surface area contributed by atoms with Gasteiger partial charge in [0.25, 0.3) is 0 Å². The van der Waals surface area contributed by atoms with E-state index in [1.165, 1.54) is 5.56 Å². The first-order chi connectivity index (χ1) is 11.1. The van der Waals surface area contributed by atoms with Crippen molar-refractivity contribution >= 4 is 5.91 Å². The molecule has 4 nitrogen and oxygen atoms in total. The molecule has 1 heterocycles. The SMILES string of the molecule is CC1(C)Cc2cccc(OCC#CCNC(=O)C3CCC3)c2O1. The molecule has 0 radical (unpaired) electrons. The molecule has 1 aliphatic carbocycles. The van der Waals surface area contributed by atoms with E-state index in [-0.39, 0.29) is 17.4 Å². The third-order valence-electron chi connectivity index (χ3n) is 4.31. The number of rotatable bonds is 4. The number of hydrogen-bond acceptors (Lipinski definition) is 3. The number of ether oxygens (including phenoxy) is 2. The summed E-state index contributed by atoms with van der Waals surface area (Å²) >= 11 is 0. The maximum absolute atomic E-state index is 11.6. The molecule has 4 heteroatoms. The minimum absolute atomic E-state index is 0.128. The van der Waals surface area contributed by atoms with Crippen LogP contribution < -0.4 is 14.8 Å². The van der Waals surface area contributed by atoms with Crippen LogP contribution in [0.4, 0.5) is 0 Å². The molecular formula is C19H23NO3. The van der Waals surface area contributed by atoms with Gasteiger partial charge in [0.2, 0.25) is 5.91 Å². The molecule has 1 aromatic carbocycles. The fourth-order valence-electron chi connectivity index (χ4n) is 2.87. The van der Waals surface area contributed by atoms with Crippen LogP contribution in [0.5, 0.6) is 11.5 Å². The summed E-state index contributed by atoms with van der Waals surface area (Å²) in [5.41, 5.74) is 0.993. The molecule has 0 aromatic heterocycles. The fraction of sp³-hybridized carbons (Fsp3) is 0.526. The third-order valence-corrected chi connectivity index (χ3v) is 4.31. The molecule has 3 rings (SSSR count). The number of amides is 1. The molecule has 23 heavy (non-hydrogen) atoms. The van der Waals surface area contributed by atoms with Crippen molar-refractivity contribution in [1.82, 2.24) is 5.32 Å². The largest absolute Gasteiger partial charge is 0.483 e. The number of hydrogen-bond donors (Lipinski definition) is 1. The molecule has 1 saturated carbocycles. The monoisotopic (exact) mass is 313 g/mol. The summed E-state index contributed by atoms with van der Waals surface area (Å²) in [4.78, 5) is 11.6. The zero-order chi connectivity index (χ0) is 16.3. The number of fused-ring (bicyclic) bond motifs is 1. The quantitative estimate of drug-likeness (QED) is 0.870. The van der Waals surface area contributed by atoms with Crippen LogP contribution in [0.1, 0.15) is 38.7 Å². The van der Waals surface area contributed by atoms with E-state index >= 15 is 0 Å². The Labute approximate surface area is 137 Å². The van der Waals surface area contributed by atoms with Gasteiger partial charge in [0.15, 0.2) is 11.5 Å². The summed E-state index contributed by atoms with van der Waals surface area (Å²) in [5, 5.41) is 2.84. The van der Waals surface area contributed by atoms with Crippen molar-refractivity contribution in [1.29, 1.82) is 0 Å². The highest BCUT2D eigenvalue weighted by Crippen LogP contribution is 2.41. The Morgan fingerprint density at radius 1 is 1.39 bits per heavy atom. The molecule has 0 atom stereocenters. The number of carbonyl (C=O) groups excluding carboxylic acids is 1. The average molecular weight is 313 g/mol. The lowest BCUT2D eigenvalue weighted by atomic mass is 9.85. The normalized spacial score (nSPS) is 18.0. The van der Waals surface area contributed by atoms with Crippen LogP contribution >= 0.6 is 0 Å². The lowest BCUT2D eigenvalue weighted by Gasteiger charge is -2.23. The van der Waals surface area contributed by atoms with Gasteiger partial charge < -0.3 is 14.8 Å². The van der Waals surface area contributed by atoms with Gasteiger partial charge in [-0.15, -0.1) is 0 Å². The molecule has 0 spiro atoms. The third kappa shape index (κ3) is 3.79. The highest BCUT2D eigenvalue weighted by atomic mass is 16.5. The smallest absolute Gasteiger partial charge is 0.223 e. The van der Waals surface area contributed by atoms with Gasteiger partial charge in [0.05, 0.1) is 6.54 Å². The lowest BCUT2D eigenvalue weighted by Crippen LogP contribution is -2.34. The second-order valence-electron chi connectivity index (χ2n) is 6.77. The van der Waals surface area contributed by atoms with Crippen molar-refractivity contribution in [3.8, 4) is 23.3 Å². The molecule has 0 saturated heterocycles. The van der Waals surface area contributed by atoms with Gasteiger partial charge in [-0.1, -0.05) is 30.4 Å². The molecule has 1 N–H and O–H groups in total. The first-order valence-corrected chi connectivity index (χ1v) is 8.22. The van der Waals surface area contributed by atoms with Crippen molar-refractivity contribution in [2.75, 3.05) is 13.2 Å².